The van der Waals surface area contributed by atoms with E-state index in [2.05, 4.69) is 11.4 Å². The minimum absolute atomic E-state index is 0.169. The number of aryl methyl sites for hydroxylation is 2. The first-order valence-corrected chi connectivity index (χ1v) is 8.27. The van der Waals surface area contributed by atoms with E-state index in [0.717, 1.165) is 22.6 Å². The van der Waals surface area contributed by atoms with Gasteiger partial charge >= 0.3 is 0 Å². The van der Waals surface area contributed by atoms with E-state index < -0.39 is 6.10 Å². The van der Waals surface area contributed by atoms with E-state index in [9.17, 15) is 4.79 Å². The number of carbonyl (C=O) groups is 1. The van der Waals surface area contributed by atoms with Crippen molar-refractivity contribution in [3.8, 4) is 17.2 Å². The summed E-state index contributed by atoms with van der Waals surface area (Å²) < 4.78 is 16.4. The lowest BCUT2D eigenvalue weighted by atomic mass is 10.1. The molecule has 0 aromatic heterocycles. The molecule has 2 rings (SSSR count). The Labute approximate surface area is 148 Å². The van der Waals surface area contributed by atoms with Gasteiger partial charge in [0.25, 0.3) is 5.91 Å². The lowest BCUT2D eigenvalue weighted by molar-refractivity contribution is -0.127. The second-order valence-electron chi connectivity index (χ2n) is 5.90. The summed E-state index contributed by atoms with van der Waals surface area (Å²) in [6.07, 6.45) is -0.567. The molecule has 25 heavy (non-hydrogen) atoms. The Balaban J connectivity index is 1.73. The molecular weight excluding hydrogens is 318 g/mol. The summed E-state index contributed by atoms with van der Waals surface area (Å²) in [5.74, 6) is 2.04. The molecule has 0 aliphatic rings. The average molecular weight is 343 g/mol. The topological polar surface area (TPSA) is 56.8 Å². The number of amides is 1. The van der Waals surface area contributed by atoms with E-state index in [0.29, 0.717) is 18.9 Å². The zero-order valence-corrected chi connectivity index (χ0v) is 15.2. The summed E-state index contributed by atoms with van der Waals surface area (Å²) in [7, 11) is 1.62. The summed E-state index contributed by atoms with van der Waals surface area (Å²) >= 11 is 0. The summed E-state index contributed by atoms with van der Waals surface area (Å²) in [6.45, 7) is 6.53. The molecular formula is C20H25NO4. The maximum absolute atomic E-state index is 12.1. The van der Waals surface area contributed by atoms with Gasteiger partial charge in [0.2, 0.25) is 0 Å². The molecule has 0 saturated carbocycles. The van der Waals surface area contributed by atoms with Crippen LogP contribution >= 0.6 is 0 Å². The van der Waals surface area contributed by atoms with Crippen LogP contribution in [0, 0.1) is 13.8 Å². The molecule has 134 valence electrons. The molecule has 2 aromatic rings. The Kier molecular flexibility index (Phi) is 6.69. The summed E-state index contributed by atoms with van der Waals surface area (Å²) in [5, 5.41) is 2.81. The van der Waals surface area contributed by atoms with Gasteiger partial charge in [-0.2, -0.15) is 0 Å². The fraction of sp³-hybridized carbons (Fsp3) is 0.350. The maximum Gasteiger partial charge on any atom is 0.260 e. The predicted octanol–water partition coefficient (Wildman–Crippen LogP) is 3.27. The van der Waals surface area contributed by atoms with Crippen LogP contribution in [0.3, 0.4) is 0 Å². The zero-order valence-electron chi connectivity index (χ0n) is 15.2. The number of nitrogens with one attached hydrogen (secondary N) is 1. The van der Waals surface area contributed by atoms with Crippen molar-refractivity contribution in [2.75, 3.05) is 20.3 Å². The highest BCUT2D eigenvalue weighted by Crippen LogP contribution is 2.18. The summed E-state index contributed by atoms with van der Waals surface area (Å²) in [6, 6.07) is 13.2. The number of benzene rings is 2. The zero-order chi connectivity index (χ0) is 18.2. The van der Waals surface area contributed by atoms with Crippen LogP contribution < -0.4 is 19.5 Å². The molecule has 1 N–H and O–H groups in total. The number of hydrogen-bond acceptors (Lipinski definition) is 4. The van der Waals surface area contributed by atoms with Crippen LogP contribution in [0.2, 0.25) is 0 Å². The Hall–Kier alpha value is -2.69. The molecule has 0 aliphatic carbocycles. The molecule has 0 heterocycles. The van der Waals surface area contributed by atoms with Gasteiger partial charge in [-0.15, -0.1) is 0 Å². The van der Waals surface area contributed by atoms with Crippen LogP contribution in [-0.4, -0.2) is 32.3 Å². The maximum atomic E-state index is 12.1. The minimum Gasteiger partial charge on any atom is -0.497 e. The number of carbonyl (C=O) groups excluding carboxylic acids is 1. The lowest BCUT2D eigenvalue weighted by Gasteiger charge is -2.16. The second kappa shape index (κ2) is 8.97. The van der Waals surface area contributed by atoms with E-state index >= 15 is 0 Å². The molecule has 2 aromatic carbocycles. The SMILES string of the molecule is COc1ccc(OCCNC(=O)[C@@H](C)Oc2cc(C)cc(C)c2)cc1. The van der Waals surface area contributed by atoms with Crippen LogP contribution in [0.4, 0.5) is 0 Å². The van der Waals surface area contributed by atoms with E-state index in [1.54, 1.807) is 14.0 Å². The monoisotopic (exact) mass is 343 g/mol. The molecule has 5 nitrogen and oxygen atoms in total. The third kappa shape index (κ3) is 6.03. The molecule has 0 saturated heterocycles. The van der Waals surface area contributed by atoms with Crippen LogP contribution in [-0.2, 0) is 4.79 Å². The number of methoxy groups -OCH3 is 1. The van der Waals surface area contributed by atoms with E-state index in [1.807, 2.05) is 50.2 Å². The third-order valence-electron chi connectivity index (χ3n) is 3.61. The van der Waals surface area contributed by atoms with Crippen molar-refractivity contribution in [3.05, 3.63) is 53.6 Å². The Morgan fingerprint density at radius 2 is 1.60 bits per heavy atom. The normalized spacial score (nSPS) is 11.5. The number of rotatable bonds is 8. The molecule has 5 heteroatoms. The second-order valence-corrected chi connectivity index (χ2v) is 5.90. The summed E-state index contributed by atoms with van der Waals surface area (Å²) in [5.41, 5.74) is 2.21. The fourth-order valence-electron chi connectivity index (χ4n) is 2.42. The van der Waals surface area contributed by atoms with Crippen molar-refractivity contribution in [2.24, 2.45) is 0 Å². The first-order chi connectivity index (χ1) is 12.0. The van der Waals surface area contributed by atoms with Crippen molar-refractivity contribution >= 4 is 5.91 Å². The van der Waals surface area contributed by atoms with Gasteiger partial charge in [0.15, 0.2) is 6.10 Å². The smallest absolute Gasteiger partial charge is 0.260 e. The van der Waals surface area contributed by atoms with Gasteiger partial charge in [-0.3, -0.25) is 4.79 Å². The molecule has 1 atom stereocenters. The van der Waals surface area contributed by atoms with Crippen molar-refractivity contribution in [2.45, 2.75) is 26.9 Å². The van der Waals surface area contributed by atoms with Gasteiger partial charge in [0, 0.05) is 0 Å². The molecule has 0 fully saturated rings. The van der Waals surface area contributed by atoms with Crippen LogP contribution in [0.5, 0.6) is 17.2 Å². The van der Waals surface area contributed by atoms with Crippen LogP contribution in [0.15, 0.2) is 42.5 Å². The molecule has 0 aliphatic heterocycles. The Morgan fingerprint density at radius 1 is 1.00 bits per heavy atom. The molecule has 0 spiro atoms. The van der Waals surface area contributed by atoms with Gasteiger partial charge in [-0.05, 0) is 68.3 Å². The van der Waals surface area contributed by atoms with Gasteiger partial charge in [0.05, 0.1) is 13.7 Å². The molecule has 0 radical (unpaired) electrons. The highest BCUT2D eigenvalue weighted by molar-refractivity contribution is 5.80. The standard InChI is InChI=1S/C20H25NO4/c1-14-11-15(2)13-19(12-14)25-16(3)20(22)21-9-10-24-18-7-5-17(23-4)6-8-18/h5-8,11-13,16H,9-10H2,1-4H3,(H,21,22)/t16-/m1/s1. The lowest BCUT2D eigenvalue weighted by Crippen LogP contribution is -2.38. The Morgan fingerprint density at radius 3 is 2.20 bits per heavy atom. The van der Waals surface area contributed by atoms with Crippen molar-refractivity contribution in [1.82, 2.24) is 5.32 Å². The minimum atomic E-state index is -0.567. The number of hydrogen-bond donors (Lipinski definition) is 1. The van der Waals surface area contributed by atoms with Crippen molar-refractivity contribution < 1.29 is 19.0 Å². The molecule has 1 amide bonds. The molecule has 0 bridgehead atoms. The average Bonchev–Trinajstić information content (AvgIpc) is 2.58. The van der Waals surface area contributed by atoms with Gasteiger partial charge in [0.1, 0.15) is 23.9 Å². The van der Waals surface area contributed by atoms with E-state index in [-0.39, 0.29) is 5.91 Å². The third-order valence-corrected chi connectivity index (χ3v) is 3.61. The highest BCUT2D eigenvalue weighted by Gasteiger charge is 2.14. The van der Waals surface area contributed by atoms with Gasteiger partial charge in [-0.25, -0.2) is 0 Å². The highest BCUT2D eigenvalue weighted by atomic mass is 16.5. The van der Waals surface area contributed by atoms with Gasteiger partial charge in [-0.1, -0.05) is 6.07 Å². The molecule has 0 unspecified atom stereocenters. The van der Waals surface area contributed by atoms with Crippen molar-refractivity contribution in [1.29, 1.82) is 0 Å². The first kappa shape index (κ1) is 18.6. The summed E-state index contributed by atoms with van der Waals surface area (Å²) in [4.78, 5) is 12.1. The van der Waals surface area contributed by atoms with Gasteiger partial charge < -0.3 is 19.5 Å². The van der Waals surface area contributed by atoms with E-state index in [4.69, 9.17) is 14.2 Å². The Bertz CT molecular complexity index is 677. The van der Waals surface area contributed by atoms with E-state index in [1.165, 1.54) is 0 Å². The van der Waals surface area contributed by atoms with Crippen LogP contribution in [0.1, 0.15) is 18.1 Å². The van der Waals surface area contributed by atoms with Crippen LogP contribution in [0.25, 0.3) is 0 Å². The largest absolute Gasteiger partial charge is 0.497 e. The predicted molar refractivity (Wildman–Crippen MR) is 97.5 cm³/mol. The number of ether oxygens (including phenoxy) is 3. The van der Waals surface area contributed by atoms with Crippen molar-refractivity contribution in [3.63, 3.8) is 0 Å². The fourth-order valence-corrected chi connectivity index (χ4v) is 2.42. The first-order valence-electron chi connectivity index (χ1n) is 8.27. The quantitative estimate of drug-likeness (QED) is 0.748.